The van der Waals surface area contributed by atoms with Crippen LogP contribution in [-0.4, -0.2) is 25.8 Å². The number of hydrogen-bond donors (Lipinski definition) is 0. The van der Waals surface area contributed by atoms with Crippen LogP contribution in [0.15, 0.2) is 59.5 Å². The molecule has 1 aliphatic rings. The van der Waals surface area contributed by atoms with Crippen molar-refractivity contribution in [3.8, 4) is 12.1 Å². The van der Waals surface area contributed by atoms with Crippen molar-refractivity contribution in [2.24, 2.45) is 5.92 Å². The predicted octanol–water partition coefficient (Wildman–Crippen LogP) is 2.49. The van der Waals surface area contributed by atoms with E-state index in [9.17, 15) is 13.7 Å². The van der Waals surface area contributed by atoms with Gasteiger partial charge in [0.15, 0.2) is 0 Å². The van der Waals surface area contributed by atoms with Gasteiger partial charge in [-0.05, 0) is 17.7 Å². The molecule has 0 spiro atoms. The van der Waals surface area contributed by atoms with E-state index in [0.717, 1.165) is 5.56 Å². The molecule has 0 radical (unpaired) electrons. The topological polar surface area (TPSA) is 85.0 Å². The summed E-state index contributed by atoms with van der Waals surface area (Å²) < 4.78 is 27.2. The van der Waals surface area contributed by atoms with Crippen LogP contribution in [0.4, 0.5) is 0 Å². The normalized spacial score (nSPS) is 21.1. The fourth-order valence-corrected chi connectivity index (χ4v) is 4.69. The van der Waals surface area contributed by atoms with E-state index >= 15 is 0 Å². The third-order valence-electron chi connectivity index (χ3n) is 4.31. The zero-order chi connectivity index (χ0) is 17.2. The molecule has 0 amide bonds. The summed E-state index contributed by atoms with van der Waals surface area (Å²) in [6, 6.07) is 19.8. The maximum absolute atomic E-state index is 12.9. The minimum atomic E-state index is -3.81. The van der Waals surface area contributed by atoms with Crippen LogP contribution in [0.1, 0.15) is 17.0 Å². The van der Waals surface area contributed by atoms with Crippen molar-refractivity contribution in [3.05, 3.63) is 65.7 Å². The summed E-state index contributed by atoms with van der Waals surface area (Å²) in [7, 11) is -3.81. The van der Waals surface area contributed by atoms with E-state index in [0.29, 0.717) is 0 Å². The highest BCUT2D eigenvalue weighted by Gasteiger charge is 2.40. The number of sulfonamides is 1. The number of benzene rings is 2. The van der Waals surface area contributed by atoms with Gasteiger partial charge in [0.2, 0.25) is 10.0 Å². The van der Waals surface area contributed by atoms with Gasteiger partial charge in [0.25, 0.3) is 0 Å². The van der Waals surface area contributed by atoms with Crippen LogP contribution in [0.3, 0.4) is 0 Å². The first-order valence-corrected chi connectivity index (χ1v) is 8.95. The Bertz CT molecular complexity index is 927. The molecule has 0 saturated carbocycles. The molecular weight excluding hydrogens is 322 g/mol. The Morgan fingerprint density at radius 1 is 0.958 bits per heavy atom. The largest absolute Gasteiger partial charge is 0.244 e. The van der Waals surface area contributed by atoms with E-state index < -0.39 is 15.9 Å². The van der Waals surface area contributed by atoms with E-state index in [2.05, 4.69) is 6.07 Å². The Balaban J connectivity index is 1.97. The summed E-state index contributed by atoms with van der Waals surface area (Å²) in [6.07, 6.45) is 0. The molecule has 0 N–H and O–H groups in total. The van der Waals surface area contributed by atoms with E-state index in [1.165, 1.54) is 16.4 Å². The number of nitrogens with zero attached hydrogens (tertiary/aromatic N) is 3. The summed E-state index contributed by atoms with van der Waals surface area (Å²) >= 11 is 0. The second-order valence-electron chi connectivity index (χ2n) is 5.68. The van der Waals surface area contributed by atoms with Crippen molar-refractivity contribution in [1.82, 2.24) is 4.31 Å². The van der Waals surface area contributed by atoms with Gasteiger partial charge in [-0.2, -0.15) is 14.8 Å². The molecule has 0 aliphatic carbocycles. The zero-order valence-corrected chi connectivity index (χ0v) is 13.6. The van der Waals surface area contributed by atoms with Gasteiger partial charge >= 0.3 is 0 Å². The smallest absolute Gasteiger partial charge is 0.207 e. The molecule has 6 heteroatoms. The van der Waals surface area contributed by atoms with E-state index in [1.807, 2.05) is 36.4 Å². The van der Waals surface area contributed by atoms with Crippen molar-refractivity contribution in [1.29, 1.82) is 10.5 Å². The molecule has 1 heterocycles. The average Bonchev–Trinajstić information content (AvgIpc) is 3.07. The van der Waals surface area contributed by atoms with Gasteiger partial charge in [0.1, 0.15) is 6.07 Å². The van der Waals surface area contributed by atoms with Crippen molar-refractivity contribution < 1.29 is 8.42 Å². The molecule has 0 unspecified atom stereocenters. The maximum Gasteiger partial charge on any atom is 0.244 e. The molecule has 120 valence electrons. The molecule has 0 aromatic heterocycles. The monoisotopic (exact) mass is 337 g/mol. The lowest BCUT2D eigenvalue weighted by atomic mass is 9.90. The van der Waals surface area contributed by atoms with Gasteiger partial charge in [-0.1, -0.05) is 42.5 Å². The molecule has 3 rings (SSSR count). The van der Waals surface area contributed by atoms with Gasteiger partial charge in [-0.3, -0.25) is 0 Å². The average molecular weight is 337 g/mol. The van der Waals surface area contributed by atoms with Crippen molar-refractivity contribution in [2.75, 3.05) is 13.1 Å². The van der Waals surface area contributed by atoms with Crippen molar-refractivity contribution in [3.63, 3.8) is 0 Å². The van der Waals surface area contributed by atoms with Gasteiger partial charge in [0, 0.05) is 19.0 Å². The maximum atomic E-state index is 12.9. The van der Waals surface area contributed by atoms with Crippen LogP contribution in [-0.2, 0) is 10.0 Å². The predicted molar refractivity (Wildman–Crippen MR) is 88.2 cm³/mol. The summed E-state index contributed by atoms with van der Waals surface area (Å²) in [5.74, 6) is -0.573. The van der Waals surface area contributed by atoms with Crippen LogP contribution in [0.2, 0.25) is 0 Å². The lowest BCUT2D eigenvalue weighted by Gasteiger charge is -2.17. The molecule has 1 fully saturated rings. The highest BCUT2D eigenvalue weighted by atomic mass is 32.2. The Kier molecular flexibility index (Phi) is 4.35. The highest BCUT2D eigenvalue weighted by molar-refractivity contribution is 7.89. The van der Waals surface area contributed by atoms with Crippen LogP contribution < -0.4 is 0 Å². The third-order valence-corrected chi connectivity index (χ3v) is 6.20. The van der Waals surface area contributed by atoms with Gasteiger partial charge in [-0.15, -0.1) is 0 Å². The summed E-state index contributed by atoms with van der Waals surface area (Å²) in [4.78, 5) is -0.00194. The fourth-order valence-electron chi connectivity index (χ4n) is 3.06. The van der Waals surface area contributed by atoms with Crippen LogP contribution >= 0.6 is 0 Å². The zero-order valence-electron chi connectivity index (χ0n) is 12.8. The first kappa shape index (κ1) is 16.2. The van der Waals surface area contributed by atoms with Crippen molar-refractivity contribution in [2.45, 2.75) is 10.8 Å². The Morgan fingerprint density at radius 2 is 1.62 bits per heavy atom. The lowest BCUT2D eigenvalue weighted by molar-refractivity contribution is 0.469. The highest BCUT2D eigenvalue weighted by Crippen LogP contribution is 2.35. The van der Waals surface area contributed by atoms with Gasteiger partial charge in [0.05, 0.1) is 22.4 Å². The van der Waals surface area contributed by atoms with Crippen LogP contribution in [0, 0.1) is 28.6 Å². The second kappa shape index (κ2) is 6.45. The molecule has 2 aromatic carbocycles. The summed E-state index contributed by atoms with van der Waals surface area (Å²) in [6.45, 7) is 0.377. The lowest BCUT2D eigenvalue weighted by Crippen LogP contribution is -2.29. The summed E-state index contributed by atoms with van der Waals surface area (Å²) in [5, 5.41) is 18.6. The molecule has 24 heavy (non-hydrogen) atoms. The van der Waals surface area contributed by atoms with E-state index in [-0.39, 0.29) is 29.5 Å². The van der Waals surface area contributed by atoms with E-state index in [4.69, 9.17) is 5.26 Å². The standard InChI is InChI=1S/C18H15N3O2S/c19-10-15-8-4-5-9-18(15)24(22,23)21-12-16(11-20)17(13-21)14-6-2-1-3-7-14/h1-9,16-17H,12-13H2/t16-,17+/m1/s1. The van der Waals surface area contributed by atoms with Crippen LogP contribution in [0.25, 0.3) is 0 Å². The Morgan fingerprint density at radius 3 is 2.29 bits per heavy atom. The molecule has 2 atom stereocenters. The number of hydrogen-bond acceptors (Lipinski definition) is 4. The van der Waals surface area contributed by atoms with Crippen LogP contribution in [0.5, 0.6) is 0 Å². The molecule has 0 bridgehead atoms. The van der Waals surface area contributed by atoms with E-state index in [1.54, 1.807) is 12.1 Å². The van der Waals surface area contributed by atoms with Gasteiger partial charge in [-0.25, -0.2) is 8.42 Å². The molecular formula is C18H15N3O2S. The van der Waals surface area contributed by atoms with Gasteiger partial charge < -0.3 is 0 Å². The Hall–Kier alpha value is -2.67. The first-order chi connectivity index (χ1) is 11.6. The summed E-state index contributed by atoms with van der Waals surface area (Å²) in [5.41, 5.74) is 1.07. The molecule has 1 aliphatic heterocycles. The van der Waals surface area contributed by atoms with Crippen molar-refractivity contribution >= 4 is 10.0 Å². The SMILES string of the molecule is N#Cc1ccccc1S(=O)(=O)N1C[C@@H](C#N)[C@H](c2ccccc2)C1. The molecule has 1 saturated heterocycles. The number of nitriles is 2. The Labute approximate surface area is 141 Å². The minimum Gasteiger partial charge on any atom is -0.207 e. The number of rotatable bonds is 3. The third kappa shape index (κ3) is 2.78. The second-order valence-corrected chi connectivity index (χ2v) is 7.59. The minimum absolute atomic E-state index is 0.00194. The fraction of sp³-hybridized carbons (Fsp3) is 0.222. The quantitative estimate of drug-likeness (QED) is 0.861. The molecule has 2 aromatic rings. The molecule has 5 nitrogen and oxygen atoms in total. The first-order valence-electron chi connectivity index (χ1n) is 7.51.